The van der Waals surface area contributed by atoms with Gasteiger partial charge in [0.2, 0.25) is 0 Å². The molecule has 112 valence electrons. The maximum Gasteiger partial charge on any atom is 0.319 e. The Morgan fingerprint density at radius 1 is 0.952 bits per heavy atom. The lowest BCUT2D eigenvalue weighted by Crippen LogP contribution is -2.71. The Labute approximate surface area is 124 Å². The van der Waals surface area contributed by atoms with E-state index in [1.165, 1.54) is 0 Å². The standard InChI is InChI=1S/C15H20N4O2/c1-9-11-12(10-7-5-4-6-8-10)18(2)15(21)17-13(11)19(3)14(20)16-9/h4-9,11-13H,1-3H3,(H,16,20)(H,17,21)/t9-,11+,12-,13+/m0/s1. The Morgan fingerprint density at radius 2 is 1.57 bits per heavy atom. The molecular formula is C15H20N4O2. The van der Waals surface area contributed by atoms with Crippen LogP contribution in [0.25, 0.3) is 0 Å². The average molecular weight is 288 g/mol. The van der Waals surface area contributed by atoms with Crippen LogP contribution in [0.1, 0.15) is 18.5 Å². The van der Waals surface area contributed by atoms with Gasteiger partial charge in [0.05, 0.1) is 6.04 Å². The molecule has 0 aromatic heterocycles. The number of nitrogens with one attached hydrogen (secondary N) is 2. The number of carbonyl (C=O) groups excluding carboxylic acids is 2. The van der Waals surface area contributed by atoms with E-state index in [1.54, 1.807) is 23.9 Å². The van der Waals surface area contributed by atoms with Crippen LogP contribution in [0, 0.1) is 5.92 Å². The molecule has 0 saturated carbocycles. The van der Waals surface area contributed by atoms with E-state index in [4.69, 9.17) is 0 Å². The first-order chi connectivity index (χ1) is 10.0. The molecule has 2 aliphatic rings. The molecule has 2 N–H and O–H groups in total. The van der Waals surface area contributed by atoms with Crippen molar-refractivity contribution in [3.63, 3.8) is 0 Å². The van der Waals surface area contributed by atoms with E-state index < -0.39 is 0 Å². The Hall–Kier alpha value is -2.24. The molecule has 6 heteroatoms. The van der Waals surface area contributed by atoms with E-state index in [0.717, 1.165) is 5.56 Å². The van der Waals surface area contributed by atoms with E-state index in [1.807, 2.05) is 37.3 Å². The van der Waals surface area contributed by atoms with Crippen molar-refractivity contribution in [2.24, 2.45) is 5.92 Å². The summed E-state index contributed by atoms with van der Waals surface area (Å²) in [5, 5.41) is 5.90. The fourth-order valence-corrected chi connectivity index (χ4v) is 3.40. The van der Waals surface area contributed by atoms with Crippen LogP contribution in [0.5, 0.6) is 0 Å². The number of hydrogen-bond donors (Lipinski definition) is 2. The first-order valence-corrected chi connectivity index (χ1v) is 7.12. The highest BCUT2D eigenvalue weighted by atomic mass is 16.2. The fraction of sp³-hybridized carbons (Fsp3) is 0.467. The van der Waals surface area contributed by atoms with Gasteiger partial charge in [-0.15, -0.1) is 0 Å². The predicted octanol–water partition coefficient (Wildman–Crippen LogP) is 1.37. The smallest absolute Gasteiger partial charge is 0.319 e. The van der Waals surface area contributed by atoms with Gasteiger partial charge in [-0.3, -0.25) is 0 Å². The highest BCUT2D eigenvalue weighted by molar-refractivity contribution is 5.80. The number of carbonyl (C=O) groups is 2. The molecule has 0 bridgehead atoms. The topological polar surface area (TPSA) is 64.7 Å². The number of rotatable bonds is 1. The van der Waals surface area contributed by atoms with Gasteiger partial charge in [-0.25, -0.2) is 9.59 Å². The van der Waals surface area contributed by atoms with E-state index in [2.05, 4.69) is 10.6 Å². The lowest BCUT2D eigenvalue weighted by atomic mass is 9.81. The zero-order chi connectivity index (χ0) is 15.1. The second-order valence-corrected chi connectivity index (χ2v) is 5.79. The SMILES string of the molecule is C[C@@H]1NC(=O)N(C)[C@H]2NC(=O)N(C)[C@@H](c3ccccc3)[C@@H]12. The van der Waals surface area contributed by atoms with Gasteiger partial charge in [0, 0.05) is 26.1 Å². The monoisotopic (exact) mass is 288 g/mol. The van der Waals surface area contributed by atoms with Crippen LogP contribution in [-0.2, 0) is 0 Å². The van der Waals surface area contributed by atoms with Crippen molar-refractivity contribution in [1.29, 1.82) is 0 Å². The van der Waals surface area contributed by atoms with Gasteiger partial charge in [0.15, 0.2) is 0 Å². The van der Waals surface area contributed by atoms with Crippen molar-refractivity contribution >= 4 is 12.1 Å². The summed E-state index contributed by atoms with van der Waals surface area (Å²) < 4.78 is 0. The molecular weight excluding hydrogens is 268 g/mol. The third-order valence-electron chi connectivity index (χ3n) is 4.55. The summed E-state index contributed by atoms with van der Waals surface area (Å²) in [6.45, 7) is 1.99. The zero-order valence-corrected chi connectivity index (χ0v) is 12.4. The maximum atomic E-state index is 12.2. The number of amides is 4. The molecule has 4 amide bonds. The molecule has 6 nitrogen and oxygen atoms in total. The Morgan fingerprint density at radius 3 is 2.24 bits per heavy atom. The molecule has 4 atom stereocenters. The van der Waals surface area contributed by atoms with Gasteiger partial charge in [-0.2, -0.15) is 0 Å². The summed E-state index contributed by atoms with van der Waals surface area (Å²) >= 11 is 0. The highest BCUT2D eigenvalue weighted by Gasteiger charge is 2.49. The molecule has 2 heterocycles. The molecule has 2 saturated heterocycles. The summed E-state index contributed by atoms with van der Waals surface area (Å²) in [5.41, 5.74) is 1.08. The van der Waals surface area contributed by atoms with Gasteiger partial charge in [0.25, 0.3) is 0 Å². The van der Waals surface area contributed by atoms with Crippen molar-refractivity contribution in [2.75, 3.05) is 14.1 Å². The van der Waals surface area contributed by atoms with E-state index in [0.29, 0.717) is 0 Å². The minimum Gasteiger partial charge on any atom is -0.335 e. The number of urea groups is 2. The zero-order valence-electron chi connectivity index (χ0n) is 12.4. The van der Waals surface area contributed by atoms with Crippen molar-refractivity contribution in [1.82, 2.24) is 20.4 Å². The number of nitrogens with zero attached hydrogens (tertiary/aromatic N) is 2. The van der Waals surface area contributed by atoms with Crippen LogP contribution in [0.2, 0.25) is 0 Å². The van der Waals surface area contributed by atoms with Crippen LogP contribution < -0.4 is 10.6 Å². The van der Waals surface area contributed by atoms with E-state index in [-0.39, 0.29) is 36.2 Å². The molecule has 1 aromatic carbocycles. The second kappa shape index (κ2) is 4.95. The van der Waals surface area contributed by atoms with Crippen molar-refractivity contribution in [3.05, 3.63) is 35.9 Å². The molecule has 1 aromatic rings. The minimum atomic E-state index is -0.289. The summed E-state index contributed by atoms with van der Waals surface area (Å²) in [7, 11) is 3.51. The third-order valence-corrected chi connectivity index (χ3v) is 4.55. The van der Waals surface area contributed by atoms with Crippen LogP contribution >= 0.6 is 0 Å². The largest absolute Gasteiger partial charge is 0.335 e. The minimum absolute atomic E-state index is 0.0213. The number of fused-ring (bicyclic) bond motifs is 1. The molecule has 0 radical (unpaired) electrons. The predicted molar refractivity (Wildman–Crippen MR) is 78.5 cm³/mol. The van der Waals surface area contributed by atoms with Crippen LogP contribution in [0.3, 0.4) is 0 Å². The molecule has 2 fully saturated rings. The normalized spacial score (nSPS) is 32.3. The van der Waals surface area contributed by atoms with Gasteiger partial charge in [-0.05, 0) is 12.5 Å². The van der Waals surface area contributed by atoms with E-state index in [9.17, 15) is 9.59 Å². The molecule has 3 rings (SSSR count). The summed E-state index contributed by atoms with van der Waals surface area (Å²) in [4.78, 5) is 27.5. The highest BCUT2D eigenvalue weighted by Crippen LogP contribution is 2.38. The van der Waals surface area contributed by atoms with Crippen LogP contribution in [-0.4, -0.2) is 48.2 Å². The molecule has 21 heavy (non-hydrogen) atoms. The fourth-order valence-electron chi connectivity index (χ4n) is 3.40. The van der Waals surface area contributed by atoms with Gasteiger partial charge in [0.1, 0.15) is 6.17 Å². The van der Waals surface area contributed by atoms with Crippen LogP contribution in [0.4, 0.5) is 9.59 Å². The molecule has 0 spiro atoms. The summed E-state index contributed by atoms with van der Waals surface area (Å²) in [6.07, 6.45) is -0.289. The molecule has 0 unspecified atom stereocenters. The van der Waals surface area contributed by atoms with Gasteiger partial charge in [-0.1, -0.05) is 30.3 Å². The summed E-state index contributed by atoms with van der Waals surface area (Å²) in [5.74, 6) is 0.0813. The lowest BCUT2D eigenvalue weighted by molar-refractivity contribution is 0.0248. The average Bonchev–Trinajstić information content (AvgIpc) is 2.48. The van der Waals surface area contributed by atoms with Crippen LogP contribution in [0.15, 0.2) is 30.3 Å². The Bertz CT molecular complexity index is 562. The lowest BCUT2D eigenvalue weighted by Gasteiger charge is -2.52. The number of benzene rings is 1. The van der Waals surface area contributed by atoms with Gasteiger partial charge >= 0.3 is 12.1 Å². The first-order valence-electron chi connectivity index (χ1n) is 7.12. The molecule has 0 aliphatic carbocycles. The quantitative estimate of drug-likeness (QED) is 0.819. The molecule has 2 aliphatic heterocycles. The first kappa shape index (κ1) is 13.7. The van der Waals surface area contributed by atoms with Crippen molar-refractivity contribution in [3.8, 4) is 0 Å². The van der Waals surface area contributed by atoms with Crippen molar-refractivity contribution in [2.45, 2.75) is 25.2 Å². The Kier molecular flexibility index (Phi) is 3.23. The Balaban J connectivity index is 2.03. The second-order valence-electron chi connectivity index (χ2n) is 5.79. The van der Waals surface area contributed by atoms with Gasteiger partial charge < -0.3 is 20.4 Å². The maximum absolute atomic E-state index is 12.2. The third kappa shape index (κ3) is 2.11. The number of hydrogen-bond acceptors (Lipinski definition) is 2. The van der Waals surface area contributed by atoms with Crippen molar-refractivity contribution < 1.29 is 9.59 Å². The van der Waals surface area contributed by atoms with E-state index >= 15 is 0 Å². The summed E-state index contributed by atoms with van der Waals surface area (Å²) in [6, 6.07) is 9.57.